The molecular formula is C22H27FN3O4+. The van der Waals surface area contributed by atoms with Crippen molar-refractivity contribution >= 4 is 11.9 Å². The monoisotopic (exact) mass is 416 g/mol. The molecule has 2 atom stereocenters. The number of ether oxygens (including phenoxy) is 2. The number of methoxy groups -OCH3 is 2. The van der Waals surface area contributed by atoms with Crippen LogP contribution >= 0.6 is 0 Å². The van der Waals surface area contributed by atoms with Gasteiger partial charge in [0.2, 0.25) is 0 Å². The Morgan fingerprint density at radius 1 is 1.03 bits per heavy atom. The number of hydrogen-bond donors (Lipinski definition) is 2. The molecule has 0 aliphatic carbocycles. The molecule has 1 unspecified atom stereocenters. The highest BCUT2D eigenvalue weighted by atomic mass is 19.1. The largest absolute Gasteiger partial charge is 0.493 e. The molecule has 0 bridgehead atoms. The molecule has 2 aromatic carbocycles. The van der Waals surface area contributed by atoms with Gasteiger partial charge in [0, 0.05) is 12.0 Å². The van der Waals surface area contributed by atoms with Gasteiger partial charge in [-0.1, -0.05) is 18.2 Å². The number of nitrogens with one attached hydrogen (secondary N) is 2. The van der Waals surface area contributed by atoms with E-state index in [1.165, 1.54) is 17.0 Å². The molecule has 1 saturated heterocycles. The number of benzene rings is 2. The van der Waals surface area contributed by atoms with E-state index in [0.29, 0.717) is 24.5 Å². The fourth-order valence-electron chi connectivity index (χ4n) is 3.69. The van der Waals surface area contributed by atoms with Crippen LogP contribution in [0.25, 0.3) is 0 Å². The summed E-state index contributed by atoms with van der Waals surface area (Å²) >= 11 is 0. The third kappa shape index (κ3) is 4.54. The average molecular weight is 416 g/mol. The fourth-order valence-corrected chi connectivity index (χ4v) is 3.69. The Labute approximate surface area is 175 Å². The Balaban J connectivity index is 1.69. The SMILES string of the molecule is COc1ccc(C[C@]2(C)NC(=O)N(C[NH+](C)Cc3ccc(F)cc3)C2=O)cc1OC. The van der Waals surface area contributed by atoms with Crippen LogP contribution in [-0.4, -0.2) is 50.3 Å². The van der Waals surface area contributed by atoms with Gasteiger partial charge in [-0.05, 0) is 36.8 Å². The predicted molar refractivity (Wildman–Crippen MR) is 109 cm³/mol. The van der Waals surface area contributed by atoms with Crippen LogP contribution in [0.1, 0.15) is 18.1 Å². The summed E-state index contributed by atoms with van der Waals surface area (Å²) in [6, 6.07) is 11.2. The lowest BCUT2D eigenvalue weighted by molar-refractivity contribution is -0.901. The molecule has 1 aliphatic rings. The second kappa shape index (κ2) is 8.71. The lowest BCUT2D eigenvalue weighted by Gasteiger charge is -2.23. The van der Waals surface area contributed by atoms with Crippen molar-refractivity contribution in [3.63, 3.8) is 0 Å². The lowest BCUT2D eigenvalue weighted by Crippen LogP contribution is -3.09. The van der Waals surface area contributed by atoms with E-state index in [9.17, 15) is 14.0 Å². The first kappa shape index (κ1) is 21.6. The average Bonchev–Trinajstić information content (AvgIpc) is 2.92. The number of urea groups is 1. The summed E-state index contributed by atoms with van der Waals surface area (Å²) in [5.74, 6) is 0.591. The molecule has 7 nitrogen and oxygen atoms in total. The summed E-state index contributed by atoms with van der Waals surface area (Å²) in [6.07, 6.45) is 0.325. The molecular weight excluding hydrogens is 389 g/mol. The topological polar surface area (TPSA) is 72.3 Å². The Morgan fingerprint density at radius 2 is 1.67 bits per heavy atom. The van der Waals surface area contributed by atoms with Gasteiger partial charge in [-0.15, -0.1) is 0 Å². The lowest BCUT2D eigenvalue weighted by atomic mass is 9.92. The number of imide groups is 1. The summed E-state index contributed by atoms with van der Waals surface area (Å²) in [6.45, 7) is 2.49. The van der Waals surface area contributed by atoms with Gasteiger partial charge < -0.3 is 19.7 Å². The number of hydrogen-bond acceptors (Lipinski definition) is 4. The molecule has 0 spiro atoms. The highest BCUT2D eigenvalue weighted by molar-refractivity contribution is 6.06. The van der Waals surface area contributed by atoms with E-state index in [1.807, 2.05) is 13.1 Å². The van der Waals surface area contributed by atoms with Crippen LogP contribution in [0, 0.1) is 5.82 Å². The van der Waals surface area contributed by atoms with Gasteiger partial charge in [0.25, 0.3) is 5.91 Å². The van der Waals surface area contributed by atoms with Crippen molar-refractivity contribution in [3.05, 3.63) is 59.4 Å². The molecule has 30 heavy (non-hydrogen) atoms. The Hall–Kier alpha value is -3.13. The number of amides is 3. The Bertz CT molecular complexity index is 934. The number of nitrogens with zero attached hydrogens (tertiary/aromatic N) is 1. The molecule has 0 radical (unpaired) electrons. The van der Waals surface area contributed by atoms with Crippen molar-refractivity contribution < 1.29 is 28.4 Å². The molecule has 1 fully saturated rings. The van der Waals surface area contributed by atoms with E-state index in [0.717, 1.165) is 16.0 Å². The van der Waals surface area contributed by atoms with Crippen LogP contribution < -0.4 is 19.7 Å². The van der Waals surface area contributed by atoms with Crippen molar-refractivity contribution in [2.45, 2.75) is 25.4 Å². The quantitative estimate of drug-likeness (QED) is 0.638. The highest BCUT2D eigenvalue weighted by Crippen LogP contribution is 2.30. The van der Waals surface area contributed by atoms with E-state index in [-0.39, 0.29) is 18.4 Å². The number of halogens is 1. The summed E-state index contributed by atoms with van der Waals surface area (Å²) in [5.41, 5.74) is 0.721. The third-order valence-corrected chi connectivity index (χ3v) is 5.20. The number of quaternary nitrogens is 1. The van der Waals surface area contributed by atoms with Crippen LogP contribution in [-0.2, 0) is 17.8 Å². The summed E-state index contributed by atoms with van der Waals surface area (Å²) in [4.78, 5) is 27.8. The van der Waals surface area contributed by atoms with Gasteiger partial charge in [-0.25, -0.2) is 14.1 Å². The summed E-state index contributed by atoms with van der Waals surface area (Å²) in [7, 11) is 4.99. The minimum Gasteiger partial charge on any atom is -0.493 e. The minimum atomic E-state index is -1.05. The van der Waals surface area contributed by atoms with E-state index in [2.05, 4.69) is 5.32 Å². The molecule has 2 aromatic rings. The first-order valence-corrected chi connectivity index (χ1v) is 9.66. The second-order valence-corrected chi connectivity index (χ2v) is 7.78. The number of rotatable bonds is 8. The first-order chi connectivity index (χ1) is 14.3. The first-order valence-electron chi connectivity index (χ1n) is 9.66. The molecule has 160 valence electrons. The van der Waals surface area contributed by atoms with Crippen molar-refractivity contribution in [1.29, 1.82) is 0 Å². The molecule has 3 amide bonds. The maximum absolute atomic E-state index is 13.1. The van der Waals surface area contributed by atoms with E-state index in [1.54, 1.807) is 45.4 Å². The molecule has 8 heteroatoms. The van der Waals surface area contributed by atoms with E-state index in [4.69, 9.17) is 9.47 Å². The number of carbonyl (C=O) groups excluding carboxylic acids is 2. The second-order valence-electron chi connectivity index (χ2n) is 7.78. The van der Waals surface area contributed by atoms with Gasteiger partial charge in [-0.3, -0.25) is 4.79 Å². The molecule has 1 heterocycles. The molecule has 2 N–H and O–H groups in total. The molecule has 0 aromatic heterocycles. The van der Waals surface area contributed by atoms with Gasteiger partial charge >= 0.3 is 6.03 Å². The standard InChI is InChI=1S/C22H26FN3O4/c1-22(12-16-7-10-18(29-3)19(11-16)30-4)20(27)26(21(28)24-22)14-25(2)13-15-5-8-17(23)9-6-15/h5-11H,12-14H2,1-4H3,(H,24,28)/p+1/t22-/m0/s1. The maximum atomic E-state index is 13.1. The van der Waals surface area contributed by atoms with Crippen LogP contribution in [0.2, 0.25) is 0 Å². The molecule has 3 rings (SSSR count). The zero-order valence-electron chi connectivity index (χ0n) is 17.6. The summed E-state index contributed by atoms with van der Waals surface area (Å²) < 4.78 is 23.7. The van der Waals surface area contributed by atoms with Gasteiger partial charge in [-0.2, -0.15) is 0 Å². The van der Waals surface area contributed by atoms with Gasteiger partial charge in [0.15, 0.2) is 18.2 Å². The van der Waals surface area contributed by atoms with Gasteiger partial charge in [0.05, 0.1) is 21.3 Å². The minimum absolute atomic E-state index is 0.212. The smallest absolute Gasteiger partial charge is 0.329 e. The number of carbonyl (C=O) groups is 2. The van der Waals surface area contributed by atoms with E-state index >= 15 is 0 Å². The fraction of sp³-hybridized carbons (Fsp3) is 0.364. The zero-order valence-corrected chi connectivity index (χ0v) is 17.6. The van der Waals surface area contributed by atoms with Crippen molar-refractivity contribution in [2.24, 2.45) is 0 Å². The van der Waals surface area contributed by atoms with Crippen LogP contribution in [0.15, 0.2) is 42.5 Å². The third-order valence-electron chi connectivity index (χ3n) is 5.20. The Kier molecular flexibility index (Phi) is 6.26. The molecule has 0 saturated carbocycles. The Morgan fingerprint density at radius 3 is 2.30 bits per heavy atom. The van der Waals surface area contributed by atoms with Crippen LogP contribution in [0.5, 0.6) is 11.5 Å². The zero-order chi connectivity index (χ0) is 21.9. The predicted octanol–water partition coefficient (Wildman–Crippen LogP) is 1.37. The van der Waals surface area contributed by atoms with Crippen LogP contribution in [0.4, 0.5) is 9.18 Å². The van der Waals surface area contributed by atoms with Crippen molar-refractivity contribution in [1.82, 2.24) is 10.2 Å². The highest BCUT2D eigenvalue weighted by Gasteiger charge is 2.48. The normalized spacial score (nSPS) is 19.6. The van der Waals surface area contributed by atoms with E-state index < -0.39 is 11.6 Å². The molecule has 1 aliphatic heterocycles. The van der Waals surface area contributed by atoms with Crippen molar-refractivity contribution in [3.8, 4) is 11.5 Å². The van der Waals surface area contributed by atoms with Crippen molar-refractivity contribution in [2.75, 3.05) is 27.9 Å². The van der Waals surface area contributed by atoms with Crippen LogP contribution in [0.3, 0.4) is 0 Å². The summed E-state index contributed by atoms with van der Waals surface area (Å²) in [5, 5.41) is 2.82. The van der Waals surface area contributed by atoms with Gasteiger partial charge in [0.1, 0.15) is 17.9 Å². The maximum Gasteiger partial charge on any atom is 0.329 e.